The second kappa shape index (κ2) is 7.05. The van der Waals surface area contributed by atoms with Crippen LogP contribution in [0.1, 0.15) is 5.56 Å². The number of hydrogen-bond donors (Lipinski definition) is 2. The van der Waals surface area contributed by atoms with E-state index >= 15 is 0 Å². The van der Waals surface area contributed by atoms with Gasteiger partial charge in [0.1, 0.15) is 17.7 Å². The van der Waals surface area contributed by atoms with Gasteiger partial charge in [0.2, 0.25) is 0 Å². The molecule has 1 saturated heterocycles. The highest BCUT2D eigenvalue weighted by Crippen LogP contribution is 2.26. The molecule has 2 N–H and O–H groups in total. The van der Waals surface area contributed by atoms with E-state index in [1.165, 1.54) is 6.33 Å². The van der Waals surface area contributed by atoms with Gasteiger partial charge in [-0.2, -0.15) is 0 Å². The Labute approximate surface area is 162 Å². The first-order chi connectivity index (χ1) is 13.8. The maximum Gasteiger partial charge on any atom is 0.182 e. The fourth-order valence-electron chi connectivity index (χ4n) is 3.65. The van der Waals surface area contributed by atoms with Crippen molar-refractivity contribution in [2.45, 2.75) is 6.54 Å². The van der Waals surface area contributed by atoms with Crippen molar-refractivity contribution in [2.75, 3.05) is 43.4 Å². The molecule has 0 aliphatic carbocycles. The van der Waals surface area contributed by atoms with Crippen molar-refractivity contribution < 1.29 is 0 Å². The zero-order valence-electron chi connectivity index (χ0n) is 15.8. The predicted molar refractivity (Wildman–Crippen MR) is 110 cm³/mol. The summed E-state index contributed by atoms with van der Waals surface area (Å²) in [6.07, 6.45) is 3.17. The van der Waals surface area contributed by atoms with E-state index in [4.69, 9.17) is 4.98 Å². The number of pyridine rings is 1. The van der Waals surface area contributed by atoms with Crippen LogP contribution < -0.4 is 10.2 Å². The molecule has 1 aliphatic rings. The van der Waals surface area contributed by atoms with Gasteiger partial charge in [-0.3, -0.25) is 0 Å². The average Bonchev–Trinajstić information content (AvgIpc) is 3.22. The van der Waals surface area contributed by atoms with Gasteiger partial charge >= 0.3 is 0 Å². The molecule has 1 aromatic carbocycles. The number of fused-ring (bicyclic) bond motifs is 2. The molecule has 0 unspecified atom stereocenters. The van der Waals surface area contributed by atoms with E-state index in [-0.39, 0.29) is 0 Å². The Morgan fingerprint density at radius 1 is 1.07 bits per heavy atom. The predicted octanol–water partition coefficient (Wildman–Crippen LogP) is 2.26. The Balaban J connectivity index is 1.50. The van der Waals surface area contributed by atoms with Crippen LogP contribution in [0.25, 0.3) is 22.1 Å². The zero-order chi connectivity index (χ0) is 18.9. The average molecular weight is 374 g/mol. The largest absolute Gasteiger partial charge is 0.364 e. The Morgan fingerprint density at radius 2 is 1.93 bits per heavy atom. The van der Waals surface area contributed by atoms with E-state index in [0.29, 0.717) is 12.2 Å². The number of benzene rings is 1. The molecule has 1 aliphatic heterocycles. The summed E-state index contributed by atoms with van der Waals surface area (Å²) in [4.78, 5) is 25.6. The number of imidazole rings is 1. The van der Waals surface area contributed by atoms with Crippen LogP contribution in [0.3, 0.4) is 0 Å². The third kappa shape index (κ3) is 3.11. The van der Waals surface area contributed by atoms with Crippen LogP contribution in [0, 0.1) is 0 Å². The van der Waals surface area contributed by atoms with Crippen LogP contribution in [0.5, 0.6) is 0 Å². The summed E-state index contributed by atoms with van der Waals surface area (Å²) in [7, 11) is 2.17. The van der Waals surface area contributed by atoms with E-state index in [2.05, 4.69) is 66.4 Å². The number of para-hydroxylation sites is 1. The van der Waals surface area contributed by atoms with Crippen molar-refractivity contribution in [3.05, 3.63) is 48.5 Å². The van der Waals surface area contributed by atoms with E-state index < -0.39 is 0 Å². The monoisotopic (exact) mass is 374 g/mol. The highest BCUT2D eigenvalue weighted by molar-refractivity contribution is 5.83. The third-order valence-electron chi connectivity index (χ3n) is 5.25. The van der Waals surface area contributed by atoms with Gasteiger partial charge in [0.25, 0.3) is 0 Å². The lowest BCUT2D eigenvalue weighted by atomic mass is 10.1. The quantitative estimate of drug-likeness (QED) is 0.567. The fraction of sp³-hybridized carbons (Fsp3) is 0.300. The summed E-state index contributed by atoms with van der Waals surface area (Å²) in [5.74, 6) is 1.80. The normalized spacial score (nSPS) is 15.4. The van der Waals surface area contributed by atoms with Gasteiger partial charge in [-0.05, 0) is 19.2 Å². The lowest BCUT2D eigenvalue weighted by Crippen LogP contribution is -2.45. The highest BCUT2D eigenvalue weighted by atomic mass is 15.3. The SMILES string of the molecule is CN1CCN(c2nc3ccccc3cc2CNc2ncnc3nc[nH]c23)CC1. The second-order valence-electron chi connectivity index (χ2n) is 7.13. The molecule has 28 heavy (non-hydrogen) atoms. The minimum absolute atomic E-state index is 0.630. The van der Waals surface area contributed by atoms with Crippen molar-refractivity contribution in [1.82, 2.24) is 29.8 Å². The van der Waals surface area contributed by atoms with Gasteiger partial charge in [-0.1, -0.05) is 18.2 Å². The molecule has 0 saturated carbocycles. The van der Waals surface area contributed by atoms with Gasteiger partial charge in [0.05, 0.1) is 11.8 Å². The van der Waals surface area contributed by atoms with Crippen molar-refractivity contribution in [2.24, 2.45) is 0 Å². The zero-order valence-corrected chi connectivity index (χ0v) is 15.8. The van der Waals surface area contributed by atoms with Crippen molar-refractivity contribution >= 4 is 33.7 Å². The maximum absolute atomic E-state index is 5.00. The fourth-order valence-corrected chi connectivity index (χ4v) is 3.65. The first kappa shape index (κ1) is 16.9. The van der Waals surface area contributed by atoms with E-state index in [9.17, 15) is 0 Å². The molecule has 0 amide bonds. The number of nitrogens with one attached hydrogen (secondary N) is 2. The molecule has 1 fully saturated rings. The van der Waals surface area contributed by atoms with Crippen LogP contribution >= 0.6 is 0 Å². The number of anilines is 2. The molecule has 8 nitrogen and oxygen atoms in total. The molecule has 0 radical (unpaired) electrons. The van der Waals surface area contributed by atoms with Crippen LogP contribution in [-0.2, 0) is 6.54 Å². The van der Waals surface area contributed by atoms with Gasteiger partial charge < -0.3 is 20.1 Å². The van der Waals surface area contributed by atoms with Gasteiger partial charge in [-0.15, -0.1) is 0 Å². The summed E-state index contributed by atoms with van der Waals surface area (Å²) in [5.41, 5.74) is 3.67. The van der Waals surface area contributed by atoms with Gasteiger partial charge in [0.15, 0.2) is 11.5 Å². The molecule has 142 valence electrons. The number of hydrogen-bond acceptors (Lipinski definition) is 7. The summed E-state index contributed by atoms with van der Waals surface area (Å²) in [6.45, 7) is 4.68. The lowest BCUT2D eigenvalue weighted by molar-refractivity contribution is 0.312. The molecular weight excluding hydrogens is 352 g/mol. The van der Waals surface area contributed by atoms with Gasteiger partial charge in [-0.25, -0.2) is 19.9 Å². The Kier molecular flexibility index (Phi) is 4.25. The van der Waals surface area contributed by atoms with Crippen LogP contribution in [0.2, 0.25) is 0 Å². The minimum Gasteiger partial charge on any atom is -0.364 e. The number of nitrogens with zero attached hydrogens (tertiary/aromatic N) is 6. The minimum atomic E-state index is 0.630. The van der Waals surface area contributed by atoms with Crippen molar-refractivity contribution in [1.29, 1.82) is 0 Å². The number of piperazine rings is 1. The second-order valence-corrected chi connectivity index (χ2v) is 7.13. The van der Waals surface area contributed by atoms with Crippen LogP contribution in [0.4, 0.5) is 11.6 Å². The highest BCUT2D eigenvalue weighted by Gasteiger charge is 2.19. The van der Waals surface area contributed by atoms with E-state index in [1.54, 1.807) is 6.33 Å². The molecule has 0 atom stereocenters. The topological polar surface area (TPSA) is 85.9 Å². The van der Waals surface area contributed by atoms with E-state index in [0.717, 1.165) is 59.8 Å². The number of likely N-dealkylation sites (N-methyl/N-ethyl adjacent to an activating group) is 1. The Bertz CT molecular complexity index is 1110. The number of rotatable bonds is 4. The number of aromatic amines is 1. The molecule has 8 heteroatoms. The molecule has 5 rings (SSSR count). The number of H-pyrrole nitrogens is 1. The lowest BCUT2D eigenvalue weighted by Gasteiger charge is -2.34. The Morgan fingerprint density at radius 3 is 2.82 bits per heavy atom. The smallest absolute Gasteiger partial charge is 0.182 e. The van der Waals surface area contributed by atoms with Crippen molar-refractivity contribution in [3.63, 3.8) is 0 Å². The summed E-state index contributed by atoms with van der Waals surface area (Å²) in [6, 6.07) is 10.5. The first-order valence-corrected chi connectivity index (χ1v) is 9.48. The van der Waals surface area contributed by atoms with Crippen LogP contribution in [0.15, 0.2) is 43.0 Å². The first-order valence-electron chi connectivity index (χ1n) is 9.48. The molecular formula is C20H22N8. The molecule has 0 bridgehead atoms. The standard InChI is InChI=1S/C20H22N8/c1-27-6-8-28(9-7-27)20-15(10-14-4-2-3-5-16(14)26-20)11-21-18-17-19(23-12-22-17)25-13-24-18/h2-5,10,12-13H,6-9,11H2,1H3,(H2,21,22,23,24,25). The summed E-state index contributed by atoms with van der Waals surface area (Å²) >= 11 is 0. The molecule has 4 heterocycles. The number of aromatic nitrogens is 5. The van der Waals surface area contributed by atoms with E-state index in [1.807, 2.05) is 6.07 Å². The molecule has 3 aromatic heterocycles. The molecule has 0 spiro atoms. The maximum atomic E-state index is 5.00. The van der Waals surface area contributed by atoms with Gasteiger partial charge in [0, 0.05) is 43.7 Å². The van der Waals surface area contributed by atoms with Crippen LogP contribution in [-0.4, -0.2) is 63.0 Å². The summed E-state index contributed by atoms with van der Waals surface area (Å²) < 4.78 is 0. The Hall–Kier alpha value is -3.26. The van der Waals surface area contributed by atoms with Crippen molar-refractivity contribution in [3.8, 4) is 0 Å². The molecule has 4 aromatic rings. The summed E-state index contributed by atoms with van der Waals surface area (Å²) in [5, 5.41) is 4.59. The third-order valence-corrected chi connectivity index (χ3v) is 5.25.